The second-order valence-corrected chi connectivity index (χ2v) is 6.22. The highest BCUT2D eigenvalue weighted by Crippen LogP contribution is 2.26. The first-order valence-corrected chi connectivity index (χ1v) is 7.29. The summed E-state index contributed by atoms with van der Waals surface area (Å²) >= 11 is 0. The van der Waals surface area contributed by atoms with Crippen LogP contribution in [0.5, 0.6) is 0 Å². The summed E-state index contributed by atoms with van der Waals surface area (Å²) in [5, 5.41) is 0. The number of rotatable bonds is 3. The van der Waals surface area contributed by atoms with E-state index in [9.17, 15) is 4.79 Å². The highest BCUT2D eigenvalue weighted by Gasteiger charge is 2.38. The van der Waals surface area contributed by atoms with Crippen LogP contribution in [0.25, 0.3) is 0 Å². The van der Waals surface area contributed by atoms with Crippen LogP contribution in [0.4, 0.5) is 0 Å². The first-order valence-electron chi connectivity index (χ1n) is 7.29. The molecule has 3 atom stereocenters. The predicted octanol–water partition coefficient (Wildman–Crippen LogP) is 0.912. The van der Waals surface area contributed by atoms with Crippen molar-refractivity contribution in [3.8, 4) is 0 Å². The van der Waals surface area contributed by atoms with Crippen LogP contribution < -0.4 is 5.73 Å². The molecule has 0 aromatic carbocycles. The number of nitrogens with two attached hydrogens (primary N) is 1. The maximum absolute atomic E-state index is 12.6. The van der Waals surface area contributed by atoms with Crippen LogP contribution in [0.2, 0.25) is 0 Å². The first kappa shape index (κ1) is 13.8. The average molecular weight is 253 g/mol. The Morgan fingerprint density at radius 3 is 2.72 bits per heavy atom. The molecular weight excluding hydrogens is 226 g/mol. The maximum Gasteiger partial charge on any atom is 0.227 e. The zero-order valence-corrected chi connectivity index (χ0v) is 11.9. The minimum atomic E-state index is -0.0135. The van der Waals surface area contributed by atoms with Crippen molar-refractivity contribution in [3.05, 3.63) is 0 Å². The van der Waals surface area contributed by atoms with Gasteiger partial charge < -0.3 is 10.6 Å². The molecule has 2 heterocycles. The van der Waals surface area contributed by atoms with Gasteiger partial charge in [0.2, 0.25) is 5.91 Å². The van der Waals surface area contributed by atoms with Crippen molar-refractivity contribution in [2.24, 2.45) is 17.6 Å². The van der Waals surface area contributed by atoms with E-state index in [-0.39, 0.29) is 11.8 Å². The predicted molar refractivity (Wildman–Crippen MR) is 73.2 cm³/mol. The number of nitrogens with zero attached hydrogens (tertiary/aromatic N) is 2. The van der Waals surface area contributed by atoms with Crippen LogP contribution >= 0.6 is 0 Å². The molecule has 1 amide bonds. The third-order valence-corrected chi connectivity index (χ3v) is 4.60. The van der Waals surface area contributed by atoms with E-state index in [2.05, 4.69) is 30.6 Å². The van der Waals surface area contributed by atoms with Gasteiger partial charge in [0.1, 0.15) is 0 Å². The second kappa shape index (κ2) is 5.57. The lowest BCUT2D eigenvalue weighted by molar-refractivity contribution is -0.142. The number of fused-ring (bicyclic) bond motifs is 1. The Morgan fingerprint density at radius 2 is 2.11 bits per heavy atom. The molecule has 0 spiro atoms. The van der Waals surface area contributed by atoms with E-state index in [1.807, 2.05) is 0 Å². The van der Waals surface area contributed by atoms with Crippen molar-refractivity contribution in [1.29, 1.82) is 0 Å². The van der Waals surface area contributed by atoms with E-state index in [1.54, 1.807) is 0 Å². The molecule has 2 aliphatic heterocycles. The van der Waals surface area contributed by atoms with E-state index in [0.29, 0.717) is 24.5 Å². The number of carbonyl (C=O) groups is 1. The van der Waals surface area contributed by atoms with Gasteiger partial charge in [0.15, 0.2) is 0 Å². The van der Waals surface area contributed by atoms with Crippen molar-refractivity contribution >= 4 is 5.91 Å². The van der Waals surface area contributed by atoms with Crippen molar-refractivity contribution in [1.82, 2.24) is 9.80 Å². The molecule has 0 saturated carbocycles. The lowest BCUT2D eigenvalue weighted by Crippen LogP contribution is -2.58. The summed E-state index contributed by atoms with van der Waals surface area (Å²) in [4.78, 5) is 17.2. The number of amides is 1. The topological polar surface area (TPSA) is 49.6 Å². The van der Waals surface area contributed by atoms with Gasteiger partial charge in [-0.05, 0) is 32.2 Å². The molecule has 2 N–H and O–H groups in total. The Labute approximate surface area is 110 Å². The van der Waals surface area contributed by atoms with Gasteiger partial charge in [0.25, 0.3) is 0 Å². The Morgan fingerprint density at radius 1 is 1.39 bits per heavy atom. The van der Waals surface area contributed by atoms with Gasteiger partial charge in [0.05, 0.1) is 5.92 Å². The molecular formula is C14H27N3O. The highest BCUT2D eigenvalue weighted by atomic mass is 16.2. The summed E-state index contributed by atoms with van der Waals surface area (Å²) in [6, 6.07) is 0.926. The lowest BCUT2D eigenvalue weighted by atomic mass is 9.93. The van der Waals surface area contributed by atoms with Crippen LogP contribution in [-0.2, 0) is 4.79 Å². The smallest absolute Gasteiger partial charge is 0.227 e. The number of hydrogen-bond donors (Lipinski definition) is 1. The SMILES string of the molecule is CC(C)C(CN)C(=O)N1CC2CCCN2CC1C. The number of piperazine rings is 1. The largest absolute Gasteiger partial charge is 0.337 e. The molecule has 4 nitrogen and oxygen atoms in total. The van der Waals surface area contributed by atoms with Gasteiger partial charge in [-0.15, -0.1) is 0 Å². The molecule has 2 rings (SSSR count). The summed E-state index contributed by atoms with van der Waals surface area (Å²) in [6.07, 6.45) is 2.52. The van der Waals surface area contributed by atoms with Crippen molar-refractivity contribution in [2.75, 3.05) is 26.2 Å². The van der Waals surface area contributed by atoms with Crippen LogP contribution in [0, 0.1) is 11.8 Å². The van der Waals surface area contributed by atoms with Crippen molar-refractivity contribution in [2.45, 2.75) is 45.7 Å². The van der Waals surface area contributed by atoms with Crippen LogP contribution in [0.3, 0.4) is 0 Å². The molecule has 2 fully saturated rings. The van der Waals surface area contributed by atoms with Crippen molar-refractivity contribution in [3.63, 3.8) is 0 Å². The normalized spacial score (nSPS) is 30.6. The fourth-order valence-electron chi connectivity index (χ4n) is 3.37. The Kier molecular flexibility index (Phi) is 4.28. The summed E-state index contributed by atoms with van der Waals surface area (Å²) < 4.78 is 0. The second-order valence-electron chi connectivity index (χ2n) is 6.22. The molecule has 104 valence electrons. The fourth-order valence-corrected chi connectivity index (χ4v) is 3.37. The summed E-state index contributed by atoms with van der Waals surface area (Å²) in [6.45, 7) is 9.96. The summed E-state index contributed by atoms with van der Waals surface area (Å²) in [5.74, 6) is 0.586. The first-order chi connectivity index (χ1) is 8.54. The maximum atomic E-state index is 12.6. The van der Waals surface area contributed by atoms with Gasteiger partial charge in [-0.25, -0.2) is 0 Å². The van der Waals surface area contributed by atoms with E-state index in [0.717, 1.165) is 13.1 Å². The van der Waals surface area contributed by atoms with Gasteiger partial charge >= 0.3 is 0 Å². The Bertz CT molecular complexity index is 305. The highest BCUT2D eigenvalue weighted by molar-refractivity contribution is 5.79. The molecule has 2 saturated heterocycles. The van der Waals surface area contributed by atoms with Gasteiger partial charge in [-0.1, -0.05) is 13.8 Å². The summed E-state index contributed by atoms with van der Waals surface area (Å²) in [7, 11) is 0. The van der Waals surface area contributed by atoms with E-state index in [1.165, 1.54) is 19.4 Å². The van der Waals surface area contributed by atoms with E-state index >= 15 is 0 Å². The third-order valence-electron chi connectivity index (χ3n) is 4.60. The standard InChI is InChI=1S/C14H27N3O/c1-10(2)13(7-15)14(18)17-9-12-5-4-6-16(12)8-11(17)3/h10-13H,4-9,15H2,1-3H3. The van der Waals surface area contributed by atoms with E-state index in [4.69, 9.17) is 5.73 Å². The molecule has 0 aromatic heterocycles. The molecule has 0 bridgehead atoms. The molecule has 4 heteroatoms. The Hall–Kier alpha value is -0.610. The molecule has 2 aliphatic rings. The fraction of sp³-hybridized carbons (Fsp3) is 0.929. The lowest BCUT2D eigenvalue weighted by Gasteiger charge is -2.43. The molecule has 18 heavy (non-hydrogen) atoms. The monoisotopic (exact) mass is 253 g/mol. The third kappa shape index (κ3) is 2.54. The van der Waals surface area contributed by atoms with Crippen LogP contribution in [0.15, 0.2) is 0 Å². The average Bonchev–Trinajstić information content (AvgIpc) is 2.75. The molecule has 3 unspecified atom stereocenters. The number of hydrogen-bond acceptors (Lipinski definition) is 3. The minimum absolute atomic E-state index is 0.0135. The quantitative estimate of drug-likeness (QED) is 0.813. The molecule has 0 radical (unpaired) electrons. The zero-order chi connectivity index (χ0) is 13.3. The molecule has 0 aliphatic carbocycles. The minimum Gasteiger partial charge on any atom is -0.337 e. The summed E-state index contributed by atoms with van der Waals surface area (Å²) in [5.41, 5.74) is 5.78. The zero-order valence-electron chi connectivity index (χ0n) is 11.9. The van der Waals surface area contributed by atoms with Crippen molar-refractivity contribution < 1.29 is 4.79 Å². The van der Waals surface area contributed by atoms with Gasteiger partial charge in [0, 0.05) is 31.7 Å². The van der Waals surface area contributed by atoms with Gasteiger partial charge in [-0.2, -0.15) is 0 Å². The van der Waals surface area contributed by atoms with Crippen LogP contribution in [0.1, 0.15) is 33.6 Å². The van der Waals surface area contributed by atoms with Gasteiger partial charge in [-0.3, -0.25) is 9.69 Å². The van der Waals surface area contributed by atoms with Crippen LogP contribution in [-0.4, -0.2) is 54.0 Å². The molecule has 0 aromatic rings. The Balaban J connectivity index is 2.05. The van der Waals surface area contributed by atoms with E-state index < -0.39 is 0 Å². The number of carbonyl (C=O) groups excluding carboxylic acids is 1.